The number of aryl methyl sites for hydroxylation is 2. The number of aromatic nitrogens is 3. The molecule has 1 saturated heterocycles. The van der Waals surface area contributed by atoms with Crippen molar-refractivity contribution >= 4 is 5.97 Å². The van der Waals surface area contributed by atoms with Crippen LogP contribution in [0.2, 0.25) is 0 Å². The van der Waals surface area contributed by atoms with Crippen LogP contribution in [0.4, 0.5) is 0 Å². The van der Waals surface area contributed by atoms with Crippen molar-refractivity contribution in [2.75, 3.05) is 20.2 Å². The van der Waals surface area contributed by atoms with Crippen LogP contribution >= 0.6 is 0 Å². The molecule has 1 fully saturated rings. The Balaban J connectivity index is 1.54. The number of carboxylic acids is 1. The molecule has 2 heterocycles. The van der Waals surface area contributed by atoms with E-state index in [9.17, 15) is 9.90 Å². The summed E-state index contributed by atoms with van der Waals surface area (Å²) >= 11 is 0. The highest BCUT2D eigenvalue weighted by atomic mass is 16.5. The Hall–Kier alpha value is -2.41. The van der Waals surface area contributed by atoms with E-state index >= 15 is 0 Å². The van der Waals surface area contributed by atoms with Crippen LogP contribution in [0.15, 0.2) is 18.3 Å². The number of nitrogens with one attached hydrogen (secondary N) is 1. The van der Waals surface area contributed by atoms with Crippen molar-refractivity contribution in [2.24, 2.45) is 5.92 Å². The molecule has 0 radical (unpaired) electrons. The monoisotopic (exact) mass is 356 g/mol. The largest absolute Gasteiger partial charge is 0.496 e. The Labute approximate surface area is 152 Å². The number of carboxylic acid groups (broad SMARTS) is 1. The average molecular weight is 356 g/mol. The van der Waals surface area contributed by atoms with Crippen LogP contribution in [0.5, 0.6) is 5.75 Å². The van der Waals surface area contributed by atoms with Gasteiger partial charge in [0, 0.05) is 31.1 Å². The fourth-order valence-corrected chi connectivity index (χ4v) is 4.45. The molecule has 0 unspecified atom stereocenters. The summed E-state index contributed by atoms with van der Waals surface area (Å²) in [6, 6.07) is 4.45. The van der Waals surface area contributed by atoms with Crippen LogP contribution < -0.4 is 4.74 Å². The van der Waals surface area contributed by atoms with Gasteiger partial charge in [0.25, 0.3) is 0 Å². The van der Waals surface area contributed by atoms with Crippen LogP contribution in [0, 0.1) is 5.92 Å². The number of aliphatic carboxylic acids is 1. The lowest BCUT2D eigenvalue weighted by molar-refractivity contribution is -0.138. The van der Waals surface area contributed by atoms with Crippen molar-refractivity contribution in [3.05, 3.63) is 40.7 Å². The Bertz CT molecular complexity index is 790. The molecule has 1 aliphatic carbocycles. The number of carbonyl (C=O) groups is 1. The zero-order chi connectivity index (χ0) is 18.1. The minimum atomic E-state index is -0.763. The van der Waals surface area contributed by atoms with E-state index in [1.807, 2.05) is 0 Å². The highest BCUT2D eigenvalue weighted by Crippen LogP contribution is 2.36. The van der Waals surface area contributed by atoms with Gasteiger partial charge in [0.1, 0.15) is 5.75 Å². The molecule has 0 amide bonds. The fourth-order valence-electron chi connectivity index (χ4n) is 4.45. The number of fused-ring (bicyclic) bond motifs is 1. The van der Waals surface area contributed by atoms with Crippen LogP contribution in [0.25, 0.3) is 0 Å². The molecule has 0 spiro atoms. The molecule has 26 heavy (non-hydrogen) atoms. The lowest BCUT2D eigenvalue weighted by Gasteiger charge is -2.19. The first kappa shape index (κ1) is 17.0. The molecule has 2 atom stereocenters. The molecule has 1 aromatic heterocycles. The van der Waals surface area contributed by atoms with Crippen molar-refractivity contribution < 1.29 is 14.6 Å². The van der Waals surface area contributed by atoms with Gasteiger partial charge in [-0.3, -0.25) is 9.69 Å². The van der Waals surface area contributed by atoms with Gasteiger partial charge in [-0.1, -0.05) is 6.07 Å². The summed E-state index contributed by atoms with van der Waals surface area (Å²) in [5.41, 5.74) is 4.86. The number of likely N-dealkylation sites (tertiary alicyclic amines) is 1. The number of aromatic amines is 1. The molecule has 7 nitrogen and oxygen atoms in total. The number of nitrogens with zero attached hydrogens (tertiary/aromatic N) is 3. The average Bonchev–Trinajstić information content (AvgIpc) is 3.33. The van der Waals surface area contributed by atoms with Gasteiger partial charge in [-0.05, 0) is 42.4 Å². The van der Waals surface area contributed by atoms with Gasteiger partial charge in [0.2, 0.25) is 0 Å². The summed E-state index contributed by atoms with van der Waals surface area (Å²) < 4.78 is 5.62. The summed E-state index contributed by atoms with van der Waals surface area (Å²) in [5.74, 6) is 0.300. The van der Waals surface area contributed by atoms with Gasteiger partial charge in [-0.15, -0.1) is 0 Å². The Morgan fingerprint density at radius 2 is 2.15 bits per heavy atom. The molecular formula is C19H24N4O3. The molecule has 0 bridgehead atoms. The lowest BCUT2D eigenvalue weighted by Crippen LogP contribution is -2.21. The predicted octanol–water partition coefficient (Wildman–Crippen LogP) is 1.99. The highest BCUT2D eigenvalue weighted by molar-refractivity contribution is 5.67. The first-order chi connectivity index (χ1) is 12.6. The van der Waals surface area contributed by atoms with Gasteiger partial charge in [0.05, 0.1) is 25.4 Å². The van der Waals surface area contributed by atoms with Gasteiger partial charge in [0.15, 0.2) is 0 Å². The third-order valence-electron chi connectivity index (χ3n) is 5.66. The molecule has 1 aliphatic heterocycles. The quantitative estimate of drug-likeness (QED) is 0.822. The Kier molecular flexibility index (Phi) is 4.63. The number of benzene rings is 1. The second kappa shape index (κ2) is 7.07. The van der Waals surface area contributed by atoms with Crippen molar-refractivity contribution in [2.45, 2.75) is 38.1 Å². The summed E-state index contributed by atoms with van der Waals surface area (Å²) in [7, 11) is 1.72. The molecular weight excluding hydrogens is 332 g/mol. The van der Waals surface area contributed by atoms with E-state index in [2.05, 4.69) is 32.4 Å². The molecule has 2 aliphatic rings. The van der Waals surface area contributed by atoms with E-state index in [1.165, 1.54) is 23.1 Å². The minimum Gasteiger partial charge on any atom is -0.496 e. The fraction of sp³-hybridized carbons (Fsp3) is 0.526. The normalized spacial score (nSPS) is 22.5. The smallest absolute Gasteiger partial charge is 0.303 e. The van der Waals surface area contributed by atoms with Crippen LogP contribution in [-0.2, 0) is 24.2 Å². The minimum absolute atomic E-state index is 0.0398. The highest BCUT2D eigenvalue weighted by Gasteiger charge is 2.36. The summed E-state index contributed by atoms with van der Waals surface area (Å²) in [6.45, 7) is 2.29. The van der Waals surface area contributed by atoms with Crippen LogP contribution in [-0.4, -0.2) is 51.6 Å². The molecule has 1 aromatic carbocycles. The number of H-pyrrole nitrogens is 1. The number of ether oxygens (including phenoxy) is 1. The summed E-state index contributed by atoms with van der Waals surface area (Å²) in [5, 5.41) is 20.0. The molecule has 2 aromatic rings. The van der Waals surface area contributed by atoms with Crippen molar-refractivity contribution in [3.8, 4) is 5.75 Å². The van der Waals surface area contributed by atoms with E-state index in [-0.39, 0.29) is 18.3 Å². The number of rotatable bonds is 6. The summed E-state index contributed by atoms with van der Waals surface area (Å²) in [4.78, 5) is 13.6. The number of methoxy groups -OCH3 is 1. The topological polar surface area (TPSA) is 91.3 Å². The SMILES string of the molecule is COc1cc2c(cc1CN1C[C@@H](CC(=O)O)[C@@H](c3cn[nH]n3)C1)CCC2. The molecule has 4 rings (SSSR count). The predicted molar refractivity (Wildman–Crippen MR) is 95.2 cm³/mol. The zero-order valence-electron chi connectivity index (χ0n) is 14.9. The molecule has 7 heteroatoms. The first-order valence-corrected chi connectivity index (χ1v) is 9.12. The number of hydrogen-bond donors (Lipinski definition) is 2. The zero-order valence-corrected chi connectivity index (χ0v) is 14.9. The lowest BCUT2D eigenvalue weighted by atomic mass is 9.91. The van der Waals surface area contributed by atoms with E-state index in [0.717, 1.165) is 43.9 Å². The Morgan fingerprint density at radius 3 is 2.85 bits per heavy atom. The molecule has 138 valence electrons. The third-order valence-corrected chi connectivity index (χ3v) is 5.66. The second-order valence-corrected chi connectivity index (χ2v) is 7.34. The van der Waals surface area contributed by atoms with Crippen molar-refractivity contribution in [3.63, 3.8) is 0 Å². The summed E-state index contributed by atoms with van der Waals surface area (Å²) in [6.07, 6.45) is 5.33. The maximum Gasteiger partial charge on any atom is 0.303 e. The first-order valence-electron chi connectivity index (χ1n) is 9.12. The van der Waals surface area contributed by atoms with Crippen LogP contribution in [0.1, 0.15) is 41.1 Å². The molecule has 0 saturated carbocycles. The third kappa shape index (κ3) is 3.31. The van der Waals surface area contributed by atoms with E-state index in [0.29, 0.717) is 0 Å². The van der Waals surface area contributed by atoms with Crippen molar-refractivity contribution in [1.29, 1.82) is 0 Å². The van der Waals surface area contributed by atoms with Gasteiger partial charge in [-0.25, -0.2) is 0 Å². The van der Waals surface area contributed by atoms with E-state index in [4.69, 9.17) is 4.74 Å². The maximum absolute atomic E-state index is 11.3. The van der Waals surface area contributed by atoms with Gasteiger partial charge < -0.3 is 9.84 Å². The van der Waals surface area contributed by atoms with Gasteiger partial charge >= 0.3 is 5.97 Å². The van der Waals surface area contributed by atoms with E-state index in [1.54, 1.807) is 13.3 Å². The Morgan fingerprint density at radius 1 is 1.35 bits per heavy atom. The molecule has 2 N–H and O–H groups in total. The second-order valence-electron chi connectivity index (χ2n) is 7.34. The van der Waals surface area contributed by atoms with Crippen molar-refractivity contribution in [1.82, 2.24) is 20.3 Å². The standard InChI is InChI=1S/C19H24N4O3/c1-26-18-6-13-4-2-3-12(13)5-15(18)10-23-9-14(7-19(24)25)16(11-23)17-8-20-22-21-17/h5-6,8,14,16H,2-4,7,9-11H2,1H3,(H,24,25)(H,20,21,22)/t14-,16+/m1/s1. The number of hydrogen-bond acceptors (Lipinski definition) is 5. The van der Waals surface area contributed by atoms with Gasteiger partial charge in [-0.2, -0.15) is 15.4 Å². The van der Waals surface area contributed by atoms with Crippen LogP contribution in [0.3, 0.4) is 0 Å². The maximum atomic E-state index is 11.3. The van der Waals surface area contributed by atoms with E-state index < -0.39 is 5.97 Å².